The Morgan fingerprint density at radius 1 is 1.40 bits per heavy atom. The fourth-order valence-electron chi connectivity index (χ4n) is 2.04. The maximum Gasteiger partial charge on any atom is 0.340 e. The largest absolute Gasteiger partial charge is 0.478 e. The van der Waals surface area contributed by atoms with Gasteiger partial charge in [-0.05, 0) is 38.2 Å². The molecular formula is C14H22FN3O2. The molecule has 20 heavy (non-hydrogen) atoms. The molecule has 1 aromatic carbocycles. The van der Waals surface area contributed by atoms with Gasteiger partial charge < -0.3 is 21.1 Å². The Kier molecular flexibility index (Phi) is 6.24. The summed E-state index contributed by atoms with van der Waals surface area (Å²) in [7, 11) is 0. The molecule has 0 unspecified atom stereocenters. The SMILES string of the molecule is CCN(CC)CCCNc1ccc(F)c(N)c1C(=O)O. The molecule has 0 bridgehead atoms. The van der Waals surface area contributed by atoms with Crippen LogP contribution in [0.4, 0.5) is 15.8 Å². The standard InChI is InChI=1S/C14H22FN3O2/c1-3-18(4-2)9-5-8-17-11-7-6-10(15)13(16)12(11)14(19)20/h6-7,17H,3-5,8-9,16H2,1-2H3,(H,19,20). The lowest BCUT2D eigenvalue weighted by Crippen LogP contribution is -2.25. The van der Waals surface area contributed by atoms with E-state index >= 15 is 0 Å². The van der Waals surface area contributed by atoms with Crippen LogP contribution in [0.15, 0.2) is 12.1 Å². The Balaban J connectivity index is 2.65. The number of halogens is 1. The third-order valence-electron chi connectivity index (χ3n) is 3.27. The predicted molar refractivity (Wildman–Crippen MR) is 78.7 cm³/mol. The quantitative estimate of drug-likeness (QED) is 0.504. The topological polar surface area (TPSA) is 78.6 Å². The average molecular weight is 283 g/mol. The van der Waals surface area contributed by atoms with Gasteiger partial charge in [-0.1, -0.05) is 13.8 Å². The van der Waals surface area contributed by atoms with E-state index in [4.69, 9.17) is 10.8 Å². The smallest absolute Gasteiger partial charge is 0.340 e. The van der Waals surface area contributed by atoms with Gasteiger partial charge in [-0.2, -0.15) is 0 Å². The Labute approximate surface area is 118 Å². The van der Waals surface area contributed by atoms with Gasteiger partial charge >= 0.3 is 5.97 Å². The van der Waals surface area contributed by atoms with E-state index in [1.807, 2.05) is 0 Å². The minimum Gasteiger partial charge on any atom is -0.478 e. The van der Waals surface area contributed by atoms with Crippen LogP contribution < -0.4 is 11.1 Å². The van der Waals surface area contributed by atoms with Crippen molar-refractivity contribution in [3.05, 3.63) is 23.5 Å². The molecule has 0 fully saturated rings. The lowest BCUT2D eigenvalue weighted by Gasteiger charge is -2.18. The number of carbonyl (C=O) groups is 1. The molecular weight excluding hydrogens is 261 g/mol. The Hall–Kier alpha value is -1.82. The maximum absolute atomic E-state index is 13.3. The molecule has 0 radical (unpaired) electrons. The second-order valence-electron chi connectivity index (χ2n) is 4.50. The van der Waals surface area contributed by atoms with Gasteiger partial charge in [0.05, 0.1) is 11.4 Å². The fourth-order valence-corrected chi connectivity index (χ4v) is 2.04. The van der Waals surface area contributed by atoms with E-state index in [1.54, 1.807) is 0 Å². The highest BCUT2D eigenvalue weighted by Crippen LogP contribution is 2.25. The zero-order chi connectivity index (χ0) is 15.1. The van der Waals surface area contributed by atoms with Crippen molar-refractivity contribution < 1.29 is 14.3 Å². The van der Waals surface area contributed by atoms with Crippen LogP contribution >= 0.6 is 0 Å². The number of anilines is 2. The molecule has 0 atom stereocenters. The van der Waals surface area contributed by atoms with E-state index in [2.05, 4.69) is 24.1 Å². The Morgan fingerprint density at radius 3 is 2.60 bits per heavy atom. The second-order valence-corrected chi connectivity index (χ2v) is 4.50. The molecule has 0 aliphatic rings. The Bertz CT molecular complexity index is 462. The summed E-state index contributed by atoms with van der Waals surface area (Å²) in [6, 6.07) is 2.58. The average Bonchev–Trinajstić information content (AvgIpc) is 2.42. The third-order valence-corrected chi connectivity index (χ3v) is 3.27. The van der Waals surface area contributed by atoms with Crippen LogP contribution in [0.2, 0.25) is 0 Å². The van der Waals surface area contributed by atoms with Crippen LogP contribution in [-0.2, 0) is 0 Å². The summed E-state index contributed by atoms with van der Waals surface area (Å²) in [4.78, 5) is 13.4. The number of benzene rings is 1. The van der Waals surface area contributed by atoms with E-state index in [9.17, 15) is 9.18 Å². The van der Waals surface area contributed by atoms with E-state index in [0.717, 1.165) is 26.1 Å². The molecule has 4 N–H and O–H groups in total. The van der Waals surface area contributed by atoms with Gasteiger partial charge in [-0.25, -0.2) is 9.18 Å². The highest BCUT2D eigenvalue weighted by molar-refractivity contribution is 6.00. The molecule has 6 heteroatoms. The molecule has 0 heterocycles. The number of nitrogens with one attached hydrogen (secondary N) is 1. The van der Waals surface area contributed by atoms with Gasteiger partial charge in [0.15, 0.2) is 0 Å². The Morgan fingerprint density at radius 2 is 2.05 bits per heavy atom. The molecule has 1 rings (SSSR count). The monoisotopic (exact) mass is 283 g/mol. The minimum absolute atomic E-state index is 0.201. The highest BCUT2D eigenvalue weighted by atomic mass is 19.1. The summed E-state index contributed by atoms with van der Waals surface area (Å²) in [5.41, 5.74) is 5.30. The van der Waals surface area contributed by atoms with Crippen molar-refractivity contribution in [3.8, 4) is 0 Å². The van der Waals surface area contributed by atoms with Crippen LogP contribution in [0.25, 0.3) is 0 Å². The molecule has 0 aliphatic heterocycles. The van der Waals surface area contributed by atoms with Gasteiger partial charge in [0, 0.05) is 6.54 Å². The number of carboxylic acid groups (broad SMARTS) is 1. The lowest BCUT2D eigenvalue weighted by atomic mass is 10.1. The van der Waals surface area contributed by atoms with Crippen LogP contribution in [0.5, 0.6) is 0 Å². The van der Waals surface area contributed by atoms with E-state index in [-0.39, 0.29) is 11.3 Å². The highest BCUT2D eigenvalue weighted by Gasteiger charge is 2.17. The normalized spacial score (nSPS) is 10.8. The van der Waals surface area contributed by atoms with Crippen molar-refractivity contribution >= 4 is 17.3 Å². The number of hydrogen-bond acceptors (Lipinski definition) is 4. The van der Waals surface area contributed by atoms with E-state index < -0.39 is 11.8 Å². The summed E-state index contributed by atoms with van der Waals surface area (Å²) >= 11 is 0. The van der Waals surface area contributed by atoms with E-state index in [0.29, 0.717) is 12.2 Å². The van der Waals surface area contributed by atoms with Gasteiger partial charge in [0.1, 0.15) is 11.4 Å². The maximum atomic E-state index is 13.3. The zero-order valence-electron chi connectivity index (χ0n) is 11.9. The van der Waals surface area contributed by atoms with Crippen molar-refractivity contribution in [2.75, 3.05) is 37.2 Å². The van der Waals surface area contributed by atoms with Crippen LogP contribution in [-0.4, -0.2) is 42.2 Å². The van der Waals surface area contributed by atoms with Crippen molar-refractivity contribution in [1.82, 2.24) is 4.90 Å². The summed E-state index contributed by atoms with van der Waals surface area (Å²) in [6.07, 6.45) is 0.873. The number of hydrogen-bond donors (Lipinski definition) is 3. The number of nitrogens with two attached hydrogens (primary N) is 1. The van der Waals surface area contributed by atoms with Crippen molar-refractivity contribution in [2.45, 2.75) is 20.3 Å². The number of rotatable bonds is 8. The summed E-state index contributed by atoms with van der Waals surface area (Å²) in [5.74, 6) is -1.94. The van der Waals surface area contributed by atoms with Crippen molar-refractivity contribution in [2.24, 2.45) is 0 Å². The molecule has 0 aliphatic carbocycles. The second kappa shape index (κ2) is 7.69. The summed E-state index contributed by atoms with van der Waals surface area (Å²) in [6.45, 7) is 7.71. The first-order chi connectivity index (χ1) is 9.51. The molecule has 0 amide bonds. The molecule has 1 aromatic rings. The molecule has 112 valence electrons. The fraction of sp³-hybridized carbons (Fsp3) is 0.500. The van der Waals surface area contributed by atoms with Gasteiger partial charge in [-0.3, -0.25) is 0 Å². The van der Waals surface area contributed by atoms with Crippen LogP contribution in [0.1, 0.15) is 30.6 Å². The van der Waals surface area contributed by atoms with Gasteiger partial charge in [-0.15, -0.1) is 0 Å². The number of carboxylic acids is 1. The number of nitrogen functional groups attached to an aromatic ring is 1. The first kappa shape index (κ1) is 16.2. The van der Waals surface area contributed by atoms with Crippen molar-refractivity contribution in [1.29, 1.82) is 0 Å². The molecule has 0 spiro atoms. The first-order valence-electron chi connectivity index (χ1n) is 6.78. The molecule has 5 nitrogen and oxygen atoms in total. The number of nitrogens with zero attached hydrogens (tertiary/aromatic N) is 1. The molecule has 0 aromatic heterocycles. The van der Waals surface area contributed by atoms with Crippen molar-refractivity contribution in [3.63, 3.8) is 0 Å². The molecule has 0 saturated carbocycles. The first-order valence-corrected chi connectivity index (χ1v) is 6.78. The zero-order valence-corrected chi connectivity index (χ0v) is 11.9. The third kappa shape index (κ3) is 4.09. The van der Waals surface area contributed by atoms with Crippen LogP contribution in [0, 0.1) is 5.82 Å². The summed E-state index contributed by atoms with van der Waals surface area (Å²) in [5, 5.41) is 12.1. The van der Waals surface area contributed by atoms with Gasteiger partial charge in [0.25, 0.3) is 0 Å². The van der Waals surface area contributed by atoms with Gasteiger partial charge in [0.2, 0.25) is 0 Å². The lowest BCUT2D eigenvalue weighted by molar-refractivity contribution is 0.0698. The minimum atomic E-state index is -1.23. The number of aromatic carboxylic acids is 1. The van der Waals surface area contributed by atoms with Crippen LogP contribution in [0.3, 0.4) is 0 Å². The predicted octanol–water partition coefficient (Wildman–Crippen LogP) is 2.25. The van der Waals surface area contributed by atoms with E-state index in [1.165, 1.54) is 12.1 Å². The summed E-state index contributed by atoms with van der Waals surface area (Å²) < 4.78 is 13.3. The molecule has 0 saturated heterocycles.